The summed E-state index contributed by atoms with van der Waals surface area (Å²) in [5, 5.41) is 31.5. The van der Waals surface area contributed by atoms with E-state index in [2.05, 4.69) is 0 Å². The molecule has 2 aromatic carbocycles. The average Bonchev–Trinajstić information content (AvgIpc) is 2.77. The number of aromatic carboxylic acids is 1. The van der Waals surface area contributed by atoms with Gasteiger partial charge in [0.25, 0.3) is 0 Å². The highest BCUT2D eigenvalue weighted by Gasteiger charge is 2.47. The monoisotopic (exact) mass is 495 g/mol. The van der Waals surface area contributed by atoms with Gasteiger partial charge in [0.15, 0.2) is 0 Å². The molecule has 0 amide bonds. The van der Waals surface area contributed by atoms with Gasteiger partial charge in [-0.1, -0.05) is 37.6 Å². The first-order chi connectivity index (χ1) is 15.9. The molecule has 186 valence electrons. The zero-order chi connectivity index (χ0) is 25.1. The van der Waals surface area contributed by atoms with Crippen LogP contribution in [-0.4, -0.2) is 71.2 Å². The van der Waals surface area contributed by atoms with E-state index in [9.17, 15) is 24.5 Å². The van der Waals surface area contributed by atoms with Crippen LogP contribution in [-0.2, 0) is 6.42 Å². The van der Waals surface area contributed by atoms with Crippen molar-refractivity contribution in [3.05, 3.63) is 58.4 Å². The molecule has 1 aliphatic heterocycles. The largest absolute Gasteiger partial charge is 0.495 e. The van der Waals surface area contributed by atoms with Crippen LogP contribution in [0.2, 0.25) is 5.02 Å². The van der Waals surface area contributed by atoms with Gasteiger partial charge in [-0.05, 0) is 30.2 Å². The van der Waals surface area contributed by atoms with Crippen molar-refractivity contribution in [2.45, 2.75) is 38.4 Å². The zero-order valence-electron chi connectivity index (χ0n) is 19.6. The van der Waals surface area contributed by atoms with Gasteiger partial charge >= 0.3 is 5.97 Å². The van der Waals surface area contributed by atoms with Gasteiger partial charge in [-0.15, -0.1) is 0 Å². The predicted octanol–water partition coefficient (Wildman–Crippen LogP) is 3.63. The summed E-state index contributed by atoms with van der Waals surface area (Å²) in [5.41, 5.74) is -0.714. The SMILES string of the molecule is COc1cc(OCC(O)CN2CCC(O)(Cc3ccc(F)cc3)C(C)(C)C2)c(C(=O)O)cc1Cl. The molecule has 7 nitrogen and oxygen atoms in total. The maximum atomic E-state index is 13.2. The van der Waals surface area contributed by atoms with Gasteiger partial charge in [0.2, 0.25) is 0 Å². The van der Waals surface area contributed by atoms with Crippen molar-refractivity contribution in [3.8, 4) is 11.5 Å². The summed E-state index contributed by atoms with van der Waals surface area (Å²) >= 11 is 6.01. The van der Waals surface area contributed by atoms with Gasteiger partial charge in [-0.2, -0.15) is 0 Å². The van der Waals surface area contributed by atoms with E-state index in [0.717, 1.165) is 5.56 Å². The number of β-amino-alcohol motifs (C(OH)–C–C–N with tert-alkyl or cyclic N) is 1. The van der Waals surface area contributed by atoms with Gasteiger partial charge in [0, 0.05) is 37.5 Å². The lowest BCUT2D eigenvalue weighted by Gasteiger charge is -2.51. The van der Waals surface area contributed by atoms with Crippen LogP contribution in [0.1, 0.15) is 36.2 Å². The number of aliphatic hydroxyl groups is 2. The Hall–Kier alpha value is -2.39. The molecule has 34 heavy (non-hydrogen) atoms. The number of carbonyl (C=O) groups is 1. The number of rotatable bonds is 9. The fourth-order valence-electron chi connectivity index (χ4n) is 4.40. The topological polar surface area (TPSA) is 99.5 Å². The van der Waals surface area contributed by atoms with Gasteiger partial charge in [-0.25, -0.2) is 9.18 Å². The maximum absolute atomic E-state index is 13.2. The minimum atomic E-state index is -1.20. The molecule has 1 heterocycles. The fraction of sp³-hybridized carbons (Fsp3) is 0.480. The standard InChI is InChI=1S/C25H31ClFNO6/c1-24(2)15-28(9-8-25(24,32)12-16-4-6-17(27)7-5-16)13-18(29)14-34-21-11-22(33-3)20(26)10-19(21)23(30)31/h4-7,10-11,18,29,32H,8-9,12-15H2,1-3H3,(H,30,31). The lowest BCUT2D eigenvalue weighted by molar-refractivity contribution is -0.123. The Morgan fingerprint density at radius 3 is 2.50 bits per heavy atom. The third-order valence-corrected chi connectivity index (χ3v) is 6.81. The number of halogens is 2. The minimum Gasteiger partial charge on any atom is -0.495 e. The fourth-order valence-corrected chi connectivity index (χ4v) is 4.65. The summed E-state index contributed by atoms with van der Waals surface area (Å²) in [7, 11) is 1.41. The van der Waals surface area contributed by atoms with Crippen LogP contribution in [0.25, 0.3) is 0 Å². The summed E-state index contributed by atoms with van der Waals surface area (Å²) in [4.78, 5) is 13.6. The molecule has 2 aromatic rings. The molecule has 3 N–H and O–H groups in total. The number of nitrogens with zero attached hydrogens (tertiary/aromatic N) is 1. The molecule has 2 unspecified atom stereocenters. The molecule has 0 aromatic heterocycles. The Labute approximate surface area is 203 Å². The number of hydrogen-bond donors (Lipinski definition) is 3. The van der Waals surface area contributed by atoms with E-state index in [4.69, 9.17) is 21.1 Å². The van der Waals surface area contributed by atoms with E-state index in [0.29, 0.717) is 32.5 Å². The number of aliphatic hydroxyl groups excluding tert-OH is 1. The summed E-state index contributed by atoms with van der Waals surface area (Å²) < 4.78 is 24.0. The van der Waals surface area contributed by atoms with Crippen molar-refractivity contribution in [1.29, 1.82) is 0 Å². The van der Waals surface area contributed by atoms with Crippen molar-refractivity contribution in [3.63, 3.8) is 0 Å². The number of likely N-dealkylation sites (tertiary alicyclic amines) is 1. The number of benzene rings is 2. The second-order valence-electron chi connectivity index (χ2n) is 9.46. The molecule has 0 aliphatic carbocycles. The second kappa shape index (κ2) is 10.5. The molecule has 9 heteroatoms. The van der Waals surface area contributed by atoms with Crippen LogP contribution >= 0.6 is 11.6 Å². The van der Waals surface area contributed by atoms with Crippen molar-refractivity contribution in [2.75, 3.05) is 33.4 Å². The molecule has 0 radical (unpaired) electrons. The third-order valence-electron chi connectivity index (χ3n) is 6.51. The quantitative estimate of drug-likeness (QED) is 0.488. The summed E-state index contributed by atoms with van der Waals surface area (Å²) in [5.74, 6) is -1.18. The number of carboxylic acids is 1. The van der Waals surface area contributed by atoms with E-state index in [1.807, 2.05) is 18.7 Å². The molecule has 1 fully saturated rings. The third kappa shape index (κ3) is 5.99. The van der Waals surface area contributed by atoms with Crippen molar-refractivity contribution < 1.29 is 34.0 Å². The molecule has 1 aliphatic rings. The van der Waals surface area contributed by atoms with E-state index in [-0.39, 0.29) is 34.5 Å². The smallest absolute Gasteiger partial charge is 0.339 e. The van der Waals surface area contributed by atoms with Crippen LogP contribution in [0.15, 0.2) is 36.4 Å². The molecule has 0 spiro atoms. The zero-order valence-corrected chi connectivity index (χ0v) is 20.3. The van der Waals surface area contributed by atoms with Gasteiger partial charge in [0.1, 0.15) is 35.6 Å². The van der Waals surface area contributed by atoms with E-state index < -0.39 is 23.1 Å². The van der Waals surface area contributed by atoms with Crippen LogP contribution < -0.4 is 9.47 Å². The molecule has 0 saturated carbocycles. The van der Waals surface area contributed by atoms with Gasteiger partial charge in [-0.3, -0.25) is 4.90 Å². The Morgan fingerprint density at radius 1 is 1.24 bits per heavy atom. The normalized spacial score (nSPS) is 21.1. The Morgan fingerprint density at radius 2 is 1.91 bits per heavy atom. The Kier molecular flexibility index (Phi) is 8.08. The first-order valence-electron chi connectivity index (χ1n) is 11.0. The summed E-state index contributed by atoms with van der Waals surface area (Å²) in [6.07, 6.45) is 0.0148. The molecular formula is C25H31ClFNO6. The van der Waals surface area contributed by atoms with E-state index in [1.165, 1.54) is 31.4 Å². The van der Waals surface area contributed by atoms with Crippen LogP contribution in [0.3, 0.4) is 0 Å². The number of ether oxygens (including phenoxy) is 2. The first kappa shape index (κ1) is 26.2. The Balaban J connectivity index is 1.60. The molecule has 0 bridgehead atoms. The molecule has 2 atom stereocenters. The lowest BCUT2D eigenvalue weighted by atomic mass is 9.67. The predicted molar refractivity (Wildman–Crippen MR) is 126 cm³/mol. The lowest BCUT2D eigenvalue weighted by Crippen LogP contribution is -2.59. The summed E-state index contributed by atoms with van der Waals surface area (Å²) in [6, 6.07) is 8.80. The van der Waals surface area contributed by atoms with Crippen LogP contribution in [0, 0.1) is 11.2 Å². The van der Waals surface area contributed by atoms with Crippen molar-refractivity contribution in [1.82, 2.24) is 4.90 Å². The van der Waals surface area contributed by atoms with Gasteiger partial charge < -0.3 is 24.8 Å². The number of hydrogen-bond acceptors (Lipinski definition) is 6. The first-order valence-corrected chi connectivity index (χ1v) is 11.4. The Bertz CT molecular complexity index is 1020. The summed E-state index contributed by atoms with van der Waals surface area (Å²) in [6.45, 7) is 5.23. The molecular weight excluding hydrogens is 465 g/mol. The van der Waals surface area contributed by atoms with Gasteiger partial charge in [0.05, 0.1) is 17.7 Å². The minimum absolute atomic E-state index is 0.0560. The second-order valence-corrected chi connectivity index (χ2v) is 9.86. The van der Waals surface area contributed by atoms with Crippen molar-refractivity contribution in [2.24, 2.45) is 5.41 Å². The average molecular weight is 496 g/mol. The van der Waals surface area contributed by atoms with E-state index in [1.54, 1.807) is 12.1 Å². The highest BCUT2D eigenvalue weighted by molar-refractivity contribution is 6.32. The van der Waals surface area contributed by atoms with Crippen LogP contribution in [0.5, 0.6) is 11.5 Å². The van der Waals surface area contributed by atoms with Crippen LogP contribution in [0.4, 0.5) is 4.39 Å². The number of carboxylic acid groups (broad SMARTS) is 1. The molecule has 3 rings (SSSR count). The highest BCUT2D eigenvalue weighted by atomic mass is 35.5. The highest BCUT2D eigenvalue weighted by Crippen LogP contribution is 2.41. The number of piperidine rings is 1. The molecule has 1 saturated heterocycles. The van der Waals surface area contributed by atoms with Crippen molar-refractivity contribution >= 4 is 17.6 Å². The number of methoxy groups -OCH3 is 1. The maximum Gasteiger partial charge on any atom is 0.339 e. The van der Waals surface area contributed by atoms with E-state index >= 15 is 0 Å².